The van der Waals surface area contributed by atoms with Gasteiger partial charge in [-0.15, -0.1) is 0 Å². The van der Waals surface area contributed by atoms with Crippen LogP contribution in [0.15, 0.2) is 18.2 Å². The number of amides is 1. The molecule has 0 unspecified atom stereocenters. The SMILES string of the molecule is CN(C(=O)C1CC(O)(c2ccc(CN3CCCC3)c(Cl)c2)C1)C1CC1. The van der Waals surface area contributed by atoms with E-state index in [-0.39, 0.29) is 11.8 Å². The van der Waals surface area contributed by atoms with Gasteiger partial charge in [0.25, 0.3) is 0 Å². The van der Waals surface area contributed by atoms with Crippen LogP contribution in [0.5, 0.6) is 0 Å². The molecule has 4 nitrogen and oxygen atoms in total. The van der Waals surface area contributed by atoms with Gasteiger partial charge in [-0.3, -0.25) is 9.69 Å². The highest BCUT2D eigenvalue weighted by Gasteiger charge is 2.49. The molecule has 0 radical (unpaired) electrons. The summed E-state index contributed by atoms with van der Waals surface area (Å²) in [6.45, 7) is 3.16. The van der Waals surface area contributed by atoms with E-state index in [1.807, 2.05) is 30.1 Å². The summed E-state index contributed by atoms with van der Waals surface area (Å²) in [7, 11) is 1.89. The summed E-state index contributed by atoms with van der Waals surface area (Å²) >= 11 is 6.48. The van der Waals surface area contributed by atoms with Crippen LogP contribution in [0.3, 0.4) is 0 Å². The van der Waals surface area contributed by atoms with Crippen LogP contribution in [0.1, 0.15) is 49.7 Å². The zero-order chi connectivity index (χ0) is 17.6. The fraction of sp³-hybridized carbons (Fsp3) is 0.650. The highest BCUT2D eigenvalue weighted by Crippen LogP contribution is 2.47. The van der Waals surface area contributed by atoms with E-state index in [2.05, 4.69) is 4.90 Å². The minimum Gasteiger partial charge on any atom is -0.385 e. The van der Waals surface area contributed by atoms with Gasteiger partial charge in [-0.05, 0) is 68.8 Å². The molecule has 0 aromatic heterocycles. The molecule has 5 heteroatoms. The standard InChI is InChI=1S/C20H27ClN2O2/c1-22(17-6-7-17)19(24)15-11-20(25,12-15)16-5-4-14(18(21)10-16)13-23-8-2-3-9-23/h4-5,10,15,17,25H,2-3,6-9,11-13H2,1H3. The van der Waals surface area contributed by atoms with Crippen LogP contribution in [0.25, 0.3) is 0 Å². The second-order valence-corrected chi connectivity index (χ2v) is 8.51. The number of rotatable bonds is 5. The molecule has 1 aliphatic heterocycles. The van der Waals surface area contributed by atoms with Crippen molar-refractivity contribution in [2.75, 3.05) is 20.1 Å². The Bertz CT molecular complexity index is 662. The third-order valence-electron chi connectivity index (χ3n) is 6.14. The van der Waals surface area contributed by atoms with Crippen LogP contribution in [-0.2, 0) is 16.9 Å². The molecule has 1 aromatic rings. The van der Waals surface area contributed by atoms with Gasteiger partial charge < -0.3 is 10.0 Å². The number of halogens is 1. The molecule has 1 heterocycles. The van der Waals surface area contributed by atoms with Gasteiger partial charge in [0, 0.05) is 30.6 Å². The van der Waals surface area contributed by atoms with Crippen molar-refractivity contribution in [2.24, 2.45) is 5.92 Å². The molecule has 1 aromatic carbocycles. The smallest absolute Gasteiger partial charge is 0.225 e. The maximum Gasteiger partial charge on any atom is 0.225 e. The minimum atomic E-state index is -0.902. The maximum absolute atomic E-state index is 12.4. The zero-order valence-electron chi connectivity index (χ0n) is 14.9. The summed E-state index contributed by atoms with van der Waals surface area (Å²) < 4.78 is 0. The molecule has 0 atom stereocenters. The number of hydrogen-bond donors (Lipinski definition) is 1. The number of aliphatic hydroxyl groups is 1. The molecule has 1 saturated heterocycles. The van der Waals surface area contributed by atoms with Crippen LogP contribution >= 0.6 is 11.6 Å². The molecule has 136 valence electrons. The van der Waals surface area contributed by atoms with Gasteiger partial charge >= 0.3 is 0 Å². The first-order valence-corrected chi connectivity index (χ1v) is 9.84. The van der Waals surface area contributed by atoms with Gasteiger partial charge in [0.05, 0.1) is 5.60 Å². The molecule has 0 bridgehead atoms. The highest BCUT2D eigenvalue weighted by atomic mass is 35.5. The van der Waals surface area contributed by atoms with Crippen molar-refractivity contribution in [1.29, 1.82) is 0 Å². The molecule has 3 aliphatic rings. The van der Waals surface area contributed by atoms with Crippen molar-refractivity contribution in [1.82, 2.24) is 9.80 Å². The molecule has 4 rings (SSSR count). The fourth-order valence-corrected chi connectivity index (χ4v) is 4.48. The van der Waals surface area contributed by atoms with E-state index in [1.165, 1.54) is 12.8 Å². The van der Waals surface area contributed by atoms with E-state index in [0.29, 0.717) is 18.9 Å². The van der Waals surface area contributed by atoms with Crippen LogP contribution in [0.4, 0.5) is 0 Å². The second kappa shape index (κ2) is 6.57. The molecule has 0 spiro atoms. The van der Waals surface area contributed by atoms with E-state index in [4.69, 9.17) is 11.6 Å². The molecular formula is C20H27ClN2O2. The number of benzene rings is 1. The number of carbonyl (C=O) groups excluding carboxylic acids is 1. The van der Waals surface area contributed by atoms with Gasteiger partial charge in [-0.1, -0.05) is 23.7 Å². The first-order chi connectivity index (χ1) is 12.0. The van der Waals surface area contributed by atoms with E-state index < -0.39 is 5.60 Å². The highest BCUT2D eigenvalue weighted by molar-refractivity contribution is 6.31. The molecule has 1 N–H and O–H groups in total. The van der Waals surface area contributed by atoms with Gasteiger partial charge in [-0.2, -0.15) is 0 Å². The fourth-order valence-electron chi connectivity index (χ4n) is 4.24. The lowest BCUT2D eigenvalue weighted by molar-refractivity contribution is -0.152. The lowest BCUT2D eigenvalue weighted by Crippen LogP contribution is -2.49. The Morgan fingerprint density at radius 3 is 2.60 bits per heavy atom. The van der Waals surface area contributed by atoms with E-state index in [0.717, 1.165) is 48.6 Å². The van der Waals surface area contributed by atoms with Crippen LogP contribution in [0.2, 0.25) is 5.02 Å². The van der Waals surface area contributed by atoms with Crippen molar-refractivity contribution in [3.8, 4) is 0 Å². The third-order valence-corrected chi connectivity index (χ3v) is 6.49. The van der Waals surface area contributed by atoms with Gasteiger partial charge in [-0.25, -0.2) is 0 Å². The quantitative estimate of drug-likeness (QED) is 0.875. The van der Waals surface area contributed by atoms with Crippen molar-refractivity contribution in [3.05, 3.63) is 34.3 Å². The predicted molar refractivity (Wildman–Crippen MR) is 98.4 cm³/mol. The van der Waals surface area contributed by atoms with Gasteiger partial charge in [0.2, 0.25) is 5.91 Å². The van der Waals surface area contributed by atoms with Crippen molar-refractivity contribution >= 4 is 17.5 Å². The normalized spacial score (nSPS) is 29.5. The summed E-state index contributed by atoms with van der Waals surface area (Å²) in [6.07, 6.45) is 5.77. The van der Waals surface area contributed by atoms with Crippen LogP contribution in [0, 0.1) is 5.92 Å². The Labute approximate surface area is 154 Å². The average molecular weight is 363 g/mol. The van der Waals surface area contributed by atoms with E-state index in [1.54, 1.807) is 0 Å². The average Bonchev–Trinajstić information content (AvgIpc) is 3.30. The summed E-state index contributed by atoms with van der Waals surface area (Å²) in [5, 5.41) is 11.6. The number of carbonyl (C=O) groups is 1. The Morgan fingerprint density at radius 2 is 2.00 bits per heavy atom. The monoisotopic (exact) mass is 362 g/mol. The summed E-state index contributed by atoms with van der Waals surface area (Å²) in [6, 6.07) is 6.36. The van der Waals surface area contributed by atoms with Crippen molar-refractivity contribution < 1.29 is 9.90 Å². The molecule has 2 aliphatic carbocycles. The summed E-state index contributed by atoms with van der Waals surface area (Å²) in [4.78, 5) is 16.7. The zero-order valence-corrected chi connectivity index (χ0v) is 15.6. The first-order valence-electron chi connectivity index (χ1n) is 9.46. The molecule has 3 fully saturated rings. The van der Waals surface area contributed by atoms with Gasteiger partial charge in [0.1, 0.15) is 0 Å². The lowest BCUT2D eigenvalue weighted by atomic mass is 9.66. The van der Waals surface area contributed by atoms with Crippen LogP contribution in [-0.4, -0.2) is 47.0 Å². The van der Waals surface area contributed by atoms with Crippen LogP contribution < -0.4 is 0 Å². The Morgan fingerprint density at radius 1 is 1.32 bits per heavy atom. The third kappa shape index (κ3) is 3.44. The summed E-state index contributed by atoms with van der Waals surface area (Å²) in [5.41, 5.74) is 1.07. The van der Waals surface area contributed by atoms with Crippen molar-refractivity contribution in [3.63, 3.8) is 0 Å². The Balaban J connectivity index is 1.40. The molecule has 25 heavy (non-hydrogen) atoms. The number of nitrogens with zero attached hydrogens (tertiary/aromatic N) is 2. The lowest BCUT2D eigenvalue weighted by Gasteiger charge is -2.44. The Kier molecular flexibility index (Phi) is 4.55. The molecule has 2 saturated carbocycles. The Hall–Kier alpha value is -1.10. The maximum atomic E-state index is 12.4. The number of likely N-dealkylation sites (tertiary alicyclic amines) is 1. The number of hydrogen-bond acceptors (Lipinski definition) is 3. The second-order valence-electron chi connectivity index (χ2n) is 8.11. The first kappa shape index (κ1) is 17.3. The van der Waals surface area contributed by atoms with Gasteiger partial charge in [0.15, 0.2) is 0 Å². The largest absolute Gasteiger partial charge is 0.385 e. The topological polar surface area (TPSA) is 43.8 Å². The van der Waals surface area contributed by atoms with Crippen molar-refractivity contribution in [2.45, 2.75) is 56.7 Å². The molecule has 1 amide bonds. The molecular weight excluding hydrogens is 336 g/mol. The van der Waals surface area contributed by atoms with E-state index in [9.17, 15) is 9.90 Å². The predicted octanol–water partition coefficient (Wildman–Crippen LogP) is 3.15. The summed E-state index contributed by atoms with van der Waals surface area (Å²) in [5.74, 6) is 0.127. The minimum absolute atomic E-state index is 0.0568. The van der Waals surface area contributed by atoms with E-state index >= 15 is 0 Å².